The lowest BCUT2D eigenvalue weighted by Gasteiger charge is -2.56. The van der Waals surface area contributed by atoms with Crippen molar-refractivity contribution in [3.05, 3.63) is 75.9 Å². The number of nitrogens with one attached hydrogen (secondary N) is 4. The van der Waals surface area contributed by atoms with E-state index in [0.717, 1.165) is 48.3 Å². The number of benzene rings is 2. The number of non-ortho nitro benzene ring substituents is 1. The molecule has 76 heavy (non-hydrogen) atoms. The maximum atomic E-state index is 13.8. The van der Waals surface area contributed by atoms with Crippen molar-refractivity contribution in [3.8, 4) is 5.75 Å². The van der Waals surface area contributed by atoms with Crippen molar-refractivity contribution >= 4 is 52.9 Å². The van der Waals surface area contributed by atoms with Crippen molar-refractivity contribution < 1.29 is 43.1 Å². The number of carbonyl (C=O) groups is 5. The van der Waals surface area contributed by atoms with Crippen LogP contribution < -0.4 is 26.0 Å². The lowest BCUT2D eigenvalue weighted by atomic mass is 9.50. The zero-order valence-electron chi connectivity index (χ0n) is 47.1. The quantitative estimate of drug-likeness (QED) is 0.0145. The molecule has 422 valence electrons. The molecular weight excluding hydrogens is 983 g/mol. The molecule has 0 spiro atoms. The molecule has 2 saturated carbocycles. The van der Waals surface area contributed by atoms with Gasteiger partial charge in [0, 0.05) is 43.8 Å². The highest BCUT2D eigenvalue weighted by atomic mass is 32.2. The molecule has 0 aliphatic heterocycles. The molecule has 2 aromatic carbocycles. The van der Waals surface area contributed by atoms with Gasteiger partial charge in [0.05, 0.1) is 11.0 Å². The molecule has 2 fully saturated rings. The fraction of sp³-hybridized carbons (Fsp3) is 0.683. The van der Waals surface area contributed by atoms with E-state index in [-0.39, 0.29) is 60.1 Å². The summed E-state index contributed by atoms with van der Waals surface area (Å²) < 4.78 is 16.7. The molecule has 0 saturated heterocycles. The summed E-state index contributed by atoms with van der Waals surface area (Å²) in [5.41, 5.74) is 2.80. The van der Waals surface area contributed by atoms with Crippen LogP contribution in [0.4, 0.5) is 16.2 Å². The zero-order chi connectivity index (χ0) is 55.4. The molecule has 2 aromatic rings. The van der Waals surface area contributed by atoms with Crippen LogP contribution in [-0.4, -0.2) is 78.1 Å². The average Bonchev–Trinajstić information content (AvgIpc) is 3.37. The fourth-order valence-electron chi connectivity index (χ4n) is 12.0. The first-order valence-corrected chi connectivity index (χ1v) is 29.8. The number of anilines is 1. The van der Waals surface area contributed by atoms with Crippen LogP contribution in [-0.2, 0) is 35.3 Å². The average molecular weight is 1070 g/mol. The lowest BCUT2D eigenvalue weighted by Crippen LogP contribution is -2.55. The van der Waals surface area contributed by atoms with Gasteiger partial charge in [0.25, 0.3) is 5.69 Å². The second kappa shape index (κ2) is 30.8. The van der Waals surface area contributed by atoms with E-state index >= 15 is 0 Å². The highest BCUT2D eigenvalue weighted by Gasteiger charge is 2.51. The number of nitro benzene ring substituents is 1. The molecule has 3 aliphatic rings. The molecule has 5 rings (SSSR count). The number of nitrogens with zero attached hydrogens (tertiary/aromatic N) is 1. The Bertz CT molecular complexity index is 2220. The van der Waals surface area contributed by atoms with E-state index in [1.165, 1.54) is 100 Å². The van der Waals surface area contributed by atoms with E-state index in [2.05, 4.69) is 62.0 Å². The number of fused-ring (bicyclic) bond motifs is 3. The van der Waals surface area contributed by atoms with Gasteiger partial charge in [-0.1, -0.05) is 118 Å². The Hall–Kier alpha value is -4.96. The van der Waals surface area contributed by atoms with Crippen LogP contribution in [0.15, 0.2) is 60.2 Å². The molecular formula is C60H91N5O10S. The van der Waals surface area contributed by atoms with Gasteiger partial charge >= 0.3 is 6.16 Å². The van der Waals surface area contributed by atoms with E-state index in [9.17, 15) is 34.1 Å². The summed E-state index contributed by atoms with van der Waals surface area (Å²) in [4.78, 5) is 76.2. The largest absolute Gasteiger partial charge is 0.514 e. The van der Waals surface area contributed by atoms with E-state index in [1.54, 1.807) is 29.8 Å². The van der Waals surface area contributed by atoms with Crippen LogP contribution >= 0.6 is 11.8 Å². The predicted octanol–water partition coefficient (Wildman–Crippen LogP) is 12.4. The first-order chi connectivity index (χ1) is 36.3. The molecule has 15 nitrogen and oxygen atoms in total. The van der Waals surface area contributed by atoms with Gasteiger partial charge in [-0.15, -0.1) is 0 Å². The van der Waals surface area contributed by atoms with Gasteiger partial charge < -0.3 is 35.5 Å². The highest BCUT2D eigenvalue weighted by molar-refractivity contribution is 7.98. The second-order valence-electron chi connectivity index (χ2n) is 23.4. The number of amides is 4. The standard InChI is InChI=1S/C60H91N5O10S/c1-39(2)13-10-14-41(5)15-11-16-50-42(6)17-28-52-51(50)27-20-45-36-49(31-32-60(45,52)8)73-34-12-33-61-54(66)29-30-55(67)63-53(35-40(3)4)57(68)64-56(43(7)38-76-9)58(69)62-46-21-18-44(19-22-46)37-74-59(70)75-48-25-23-47(24-26-48)65(71)72/h18-26,39-43,49-53,56H,10-17,27-38H2,1-9H3,(H,61,66)(H,62,69)(H,63,67)(H,64,68). The molecule has 0 heterocycles. The summed E-state index contributed by atoms with van der Waals surface area (Å²) in [5, 5.41) is 22.4. The number of hydrogen-bond donors (Lipinski definition) is 4. The molecule has 10 atom stereocenters. The number of hydrogen-bond acceptors (Lipinski definition) is 11. The van der Waals surface area contributed by atoms with Gasteiger partial charge in [-0.25, -0.2) is 4.79 Å². The van der Waals surface area contributed by atoms with Crippen molar-refractivity contribution in [2.45, 2.75) is 183 Å². The molecule has 0 radical (unpaired) electrons. The Morgan fingerprint density at radius 2 is 1.55 bits per heavy atom. The molecule has 0 aromatic heterocycles. The normalized spacial score (nSPS) is 22.7. The van der Waals surface area contributed by atoms with E-state index in [0.29, 0.717) is 43.0 Å². The van der Waals surface area contributed by atoms with Gasteiger partial charge in [0.2, 0.25) is 23.6 Å². The van der Waals surface area contributed by atoms with Gasteiger partial charge in [-0.3, -0.25) is 29.3 Å². The SMILES string of the molecule is CSCC(C)C(NC(=O)C(CC(C)C)NC(=O)CCC(=O)NCCCOC1CCC2(C)C(=CCC3C(CCCC(C)CCCC(C)C)C(C)CCC32)C1)C(=O)Nc1ccc(COC(=O)Oc2ccc([N+](=O)[O-])cc2)cc1. The molecule has 4 N–H and O–H groups in total. The Balaban J connectivity index is 1.01. The van der Waals surface area contributed by atoms with Crippen molar-refractivity contribution in [3.63, 3.8) is 0 Å². The second-order valence-corrected chi connectivity index (χ2v) is 24.3. The minimum Gasteiger partial charge on any atom is -0.429 e. The van der Waals surface area contributed by atoms with Crippen molar-refractivity contribution in [1.29, 1.82) is 0 Å². The van der Waals surface area contributed by atoms with Gasteiger partial charge in [0.1, 0.15) is 24.4 Å². The minimum atomic E-state index is -0.992. The smallest absolute Gasteiger partial charge is 0.429 e. The maximum Gasteiger partial charge on any atom is 0.514 e. The number of rotatable bonds is 30. The van der Waals surface area contributed by atoms with Crippen molar-refractivity contribution in [2.24, 2.45) is 52.8 Å². The Kier molecular flexibility index (Phi) is 25.1. The number of nitro groups is 1. The first-order valence-electron chi connectivity index (χ1n) is 28.4. The van der Waals surface area contributed by atoms with Crippen LogP contribution in [0.3, 0.4) is 0 Å². The summed E-state index contributed by atoms with van der Waals surface area (Å²) in [6.07, 6.45) is 20.0. The zero-order valence-corrected chi connectivity index (χ0v) is 47.9. The Morgan fingerprint density at radius 3 is 2.24 bits per heavy atom. The van der Waals surface area contributed by atoms with Crippen LogP contribution in [0.1, 0.15) is 164 Å². The molecule has 10 unspecified atom stereocenters. The molecule has 0 bridgehead atoms. The third kappa shape index (κ3) is 19.5. The first kappa shape index (κ1) is 61.9. The van der Waals surface area contributed by atoms with Crippen LogP contribution in [0.2, 0.25) is 0 Å². The topological polar surface area (TPSA) is 204 Å². The summed E-state index contributed by atoms with van der Waals surface area (Å²) in [6, 6.07) is 9.75. The van der Waals surface area contributed by atoms with Crippen molar-refractivity contribution in [1.82, 2.24) is 16.0 Å². The Morgan fingerprint density at radius 1 is 0.842 bits per heavy atom. The number of ether oxygens (including phenoxy) is 3. The number of allylic oxidation sites excluding steroid dienone is 1. The van der Waals surface area contributed by atoms with Crippen LogP contribution in [0.5, 0.6) is 5.75 Å². The van der Waals surface area contributed by atoms with Gasteiger partial charge in [-0.05, 0) is 146 Å². The lowest BCUT2D eigenvalue weighted by molar-refractivity contribution is -0.384. The molecule has 3 aliphatic carbocycles. The third-order valence-corrected chi connectivity index (χ3v) is 17.3. The maximum absolute atomic E-state index is 13.8. The fourth-order valence-corrected chi connectivity index (χ4v) is 12.7. The van der Waals surface area contributed by atoms with Crippen LogP contribution in [0.25, 0.3) is 0 Å². The molecule has 4 amide bonds. The summed E-state index contributed by atoms with van der Waals surface area (Å²) in [6.45, 7) is 18.8. The minimum absolute atomic E-state index is 0.0234. The Labute approximate surface area is 457 Å². The predicted molar refractivity (Wildman–Crippen MR) is 302 cm³/mol. The molecule has 16 heteroatoms. The van der Waals surface area contributed by atoms with Crippen molar-refractivity contribution in [2.75, 3.05) is 30.5 Å². The number of carbonyl (C=O) groups excluding carboxylic acids is 5. The van der Waals surface area contributed by atoms with E-state index in [4.69, 9.17) is 14.2 Å². The summed E-state index contributed by atoms with van der Waals surface area (Å²) in [7, 11) is 0. The van der Waals surface area contributed by atoms with E-state index < -0.39 is 40.9 Å². The number of thioether (sulfide) groups is 1. The van der Waals surface area contributed by atoms with Crippen LogP contribution in [0, 0.1) is 62.9 Å². The summed E-state index contributed by atoms with van der Waals surface area (Å²) >= 11 is 1.54. The van der Waals surface area contributed by atoms with Gasteiger partial charge in [0.15, 0.2) is 0 Å². The third-order valence-electron chi connectivity index (χ3n) is 16.4. The highest BCUT2D eigenvalue weighted by Crippen LogP contribution is 2.59. The monoisotopic (exact) mass is 1070 g/mol. The van der Waals surface area contributed by atoms with Gasteiger partial charge in [-0.2, -0.15) is 11.8 Å². The summed E-state index contributed by atoms with van der Waals surface area (Å²) in [5.74, 6) is 3.70. The van der Waals surface area contributed by atoms with E-state index in [1.807, 2.05) is 27.0 Å².